The Morgan fingerprint density at radius 1 is 0.957 bits per heavy atom. The van der Waals surface area contributed by atoms with Gasteiger partial charge in [-0.25, -0.2) is 0 Å². The van der Waals surface area contributed by atoms with Crippen molar-refractivity contribution in [2.24, 2.45) is 5.92 Å². The zero-order valence-corrected chi connectivity index (χ0v) is 13.4. The summed E-state index contributed by atoms with van der Waals surface area (Å²) >= 11 is 0. The summed E-state index contributed by atoms with van der Waals surface area (Å²) in [6.07, 6.45) is 3.55. The van der Waals surface area contributed by atoms with Gasteiger partial charge in [0.25, 0.3) is 0 Å². The third kappa shape index (κ3) is 3.73. The highest BCUT2D eigenvalue weighted by Gasteiger charge is 2.41. The summed E-state index contributed by atoms with van der Waals surface area (Å²) in [6.45, 7) is 0. The summed E-state index contributed by atoms with van der Waals surface area (Å²) in [7, 11) is 1.68. The average molecular weight is 310 g/mol. The number of esters is 1. The Morgan fingerprint density at radius 3 is 2.43 bits per heavy atom. The summed E-state index contributed by atoms with van der Waals surface area (Å²) in [4.78, 5) is 11.8. The summed E-state index contributed by atoms with van der Waals surface area (Å²) in [6, 6.07) is 18.3. The van der Waals surface area contributed by atoms with Crippen molar-refractivity contribution >= 4 is 5.97 Å². The first-order chi connectivity index (χ1) is 11.3. The first-order valence-corrected chi connectivity index (χ1v) is 8.14. The summed E-state index contributed by atoms with van der Waals surface area (Å²) in [5.74, 6) is 0.850. The van der Waals surface area contributed by atoms with Gasteiger partial charge >= 0.3 is 5.97 Å². The number of carbonyl (C=O) groups is 1. The van der Waals surface area contributed by atoms with Gasteiger partial charge in [-0.05, 0) is 42.9 Å². The van der Waals surface area contributed by atoms with E-state index in [1.165, 1.54) is 5.56 Å². The molecule has 0 spiro atoms. The van der Waals surface area contributed by atoms with Crippen LogP contribution in [0, 0.1) is 5.92 Å². The number of ether oxygens (including phenoxy) is 2. The minimum absolute atomic E-state index is 0.0172. The minimum atomic E-state index is -0.0574. The molecule has 2 aromatic rings. The van der Waals surface area contributed by atoms with Crippen molar-refractivity contribution in [3.63, 3.8) is 0 Å². The van der Waals surface area contributed by atoms with Crippen LogP contribution in [0.25, 0.3) is 0 Å². The molecule has 2 atom stereocenters. The predicted molar refractivity (Wildman–Crippen MR) is 89.4 cm³/mol. The third-order valence-electron chi connectivity index (χ3n) is 4.50. The quantitative estimate of drug-likeness (QED) is 0.730. The standard InChI is InChI=1S/C20H22O3/c1-22-18-10-6-5-9-16(18)12-13-17-19(23-20(17)21)14-11-15-7-3-2-4-8-15/h2-10,17,19H,11-14H2,1H3. The Bertz CT molecular complexity index is 651. The number of aryl methyl sites for hydroxylation is 2. The number of cyclic esters (lactones) is 1. The second-order valence-corrected chi connectivity index (χ2v) is 5.96. The van der Waals surface area contributed by atoms with Crippen molar-refractivity contribution in [2.75, 3.05) is 7.11 Å². The maximum absolute atomic E-state index is 11.8. The number of hydrogen-bond donors (Lipinski definition) is 0. The molecule has 1 aliphatic heterocycles. The fourth-order valence-electron chi connectivity index (χ4n) is 3.14. The lowest BCUT2D eigenvalue weighted by Gasteiger charge is -2.35. The summed E-state index contributed by atoms with van der Waals surface area (Å²) in [5, 5.41) is 0. The van der Waals surface area contributed by atoms with Crippen molar-refractivity contribution in [1.82, 2.24) is 0 Å². The zero-order chi connectivity index (χ0) is 16.1. The Balaban J connectivity index is 1.53. The highest BCUT2D eigenvalue weighted by atomic mass is 16.6. The van der Waals surface area contributed by atoms with Gasteiger partial charge in [-0.15, -0.1) is 0 Å². The number of rotatable bonds is 7. The summed E-state index contributed by atoms with van der Waals surface area (Å²) in [5.41, 5.74) is 2.44. The molecular formula is C20H22O3. The van der Waals surface area contributed by atoms with Gasteiger partial charge in [0, 0.05) is 0 Å². The van der Waals surface area contributed by atoms with Crippen LogP contribution in [0.15, 0.2) is 54.6 Å². The van der Waals surface area contributed by atoms with Gasteiger partial charge in [-0.1, -0.05) is 48.5 Å². The Hall–Kier alpha value is -2.29. The number of benzene rings is 2. The molecule has 2 aromatic carbocycles. The third-order valence-corrected chi connectivity index (χ3v) is 4.50. The van der Waals surface area contributed by atoms with Crippen molar-refractivity contribution < 1.29 is 14.3 Å². The Kier molecular flexibility index (Phi) is 4.96. The first kappa shape index (κ1) is 15.6. The largest absolute Gasteiger partial charge is 0.496 e. The zero-order valence-electron chi connectivity index (χ0n) is 13.4. The maximum Gasteiger partial charge on any atom is 0.313 e. The molecule has 3 heteroatoms. The number of methoxy groups -OCH3 is 1. The number of para-hydroxylation sites is 1. The molecule has 1 aliphatic rings. The lowest BCUT2D eigenvalue weighted by Crippen LogP contribution is -2.45. The molecule has 0 N–H and O–H groups in total. The molecule has 23 heavy (non-hydrogen) atoms. The molecule has 0 saturated carbocycles. The fourth-order valence-corrected chi connectivity index (χ4v) is 3.14. The molecule has 0 amide bonds. The smallest absolute Gasteiger partial charge is 0.313 e. The molecule has 1 heterocycles. The second kappa shape index (κ2) is 7.32. The van der Waals surface area contributed by atoms with Crippen LogP contribution < -0.4 is 4.74 Å². The molecule has 0 bridgehead atoms. The van der Waals surface area contributed by atoms with E-state index in [0.717, 1.165) is 37.0 Å². The SMILES string of the molecule is COc1ccccc1CCC1C(=O)OC1CCc1ccccc1. The molecule has 2 unspecified atom stereocenters. The molecular weight excluding hydrogens is 288 g/mol. The van der Waals surface area contributed by atoms with E-state index in [1.807, 2.05) is 36.4 Å². The Labute approximate surface area is 137 Å². The lowest BCUT2D eigenvalue weighted by atomic mass is 9.86. The van der Waals surface area contributed by atoms with Gasteiger partial charge in [0.1, 0.15) is 11.9 Å². The minimum Gasteiger partial charge on any atom is -0.496 e. The molecule has 0 aliphatic carbocycles. The molecule has 3 nitrogen and oxygen atoms in total. The average Bonchev–Trinajstić information content (AvgIpc) is 2.59. The van der Waals surface area contributed by atoms with E-state index in [0.29, 0.717) is 0 Å². The van der Waals surface area contributed by atoms with Crippen molar-refractivity contribution in [3.05, 3.63) is 65.7 Å². The van der Waals surface area contributed by atoms with Crippen LogP contribution in [0.1, 0.15) is 24.0 Å². The number of carbonyl (C=O) groups excluding carboxylic acids is 1. The first-order valence-electron chi connectivity index (χ1n) is 8.14. The topological polar surface area (TPSA) is 35.5 Å². The van der Waals surface area contributed by atoms with Crippen LogP contribution in [-0.4, -0.2) is 19.2 Å². The Morgan fingerprint density at radius 2 is 1.70 bits per heavy atom. The van der Waals surface area contributed by atoms with Crippen molar-refractivity contribution in [1.29, 1.82) is 0 Å². The highest BCUT2D eigenvalue weighted by molar-refractivity contribution is 5.78. The van der Waals surface area contributed by atoms with E-state index in [2.05, 4.69) is 18.2 Å². The molecule has 0 radical (unpaired) electrons. The van der Waals surface area contributed by atoms with Crippen molar-refractivity contribution in [3.8, 4) is 5.75 Å². The van der Waals surface area contributed by atoms with E-state index in [4.69, 9.17) is 9.47 Å². The van der Waals surface area contributed by atoms with Gasteiger partial charge < -0.3 is 9.47 Å². The second-order valence-electron chi connectivity index (χ2n) is 5.96. The molecule has 120 valence electrons. The van der Waals surface area contributed by atoms with Crippen LogP contribution >= 0.6 is 0 Å². The predicted octanol–water partition coefficient (Wildman–Crippen LogP) is 3.80. The van der Waals surface area contributed by atoms with E-state index in [1.54, 1.807) is 7.11 Å². The van der Waals surface area contributed by atoms with Crippen LogP contribution in [-0.2, 0) is 22.4 Å². The van der Waals surface area contributed by atoms with Gasteiger partial charge in [-0.3, -0.25) is 4.79 Å². The molecule has 3 rings (SSSR count). The highest BCUT2D eigenvalue weighted by Crippen LogP contribution is 2.31. The van der Waals surface area contributed by atoms with Crippen LogP contribution in [0.3, 0.4) is 0 Å². The fraction of sp³-hybridized carbons (Fsp3) is 0.350. The molecule has 0 aromatic heterocycles. The molecule has 1 fully saturated rings. The maximum atomic E-state index is 11.8. The lowest BCUT2D eigenvalue weighted by molar-refractivity contribution is -0.185. The normalized spacial score (nSPS) is 19.8. The van der Waals surface area contributed by atoms with E-state index < -0.39 is 0 Å². The van der Waals surface area contributed by atoms with E-state index in [-0.39, 0.29) is 18.0 Å². The van der Waals surface area contributed by atoms with Gasteiger partial charge in [0.2, 0.25) is 0 Å². The van der Waals surface area contributed by atoms with Crippen LogP contribution in [0.2, 0.25) is 0 Å². The van der Waals surface area contributed by atoms with E-state index in [9.17, 15) is 4.79 Å². The van der Waals surface area contributed by atoms with Crippen LogP contribution in [0.5, 0.6) is 5.75 Å². The van der Waals surface area contributed by atoms with Gasteiger partial charge in [0.15, 0.2) is 0 Å². The monoisotopic (exact) mass is 310 g/mol. The summed E-state index contributed by atoms with van der Waals surface area (Å²) < 4.78 is 10.7. The van der Waals surface area contributed by atoms with Gasteiger partial charge in [0.05, 0.1) is 13.0 Å². The van der Waals surface area contributed by atoms with E-state index >= 15 is 0 Å². The van der Waals surface area contributed by atoms with Crippen LogP contribution in [0.4, 0.5) is 0 Å². The number of hydrogen-bond acceptors (Lipinski definition) is 3. The van der Waals surface area contributed by atoms with Crippen molar-refractivity contribution in [2.45, 2.75) is 31.8 Å². The van der Waals surface area contributed by atoms with Gasteiger partial charge in [-0.2, -0.15) is 0 Å². The molecule has 1 saturated heterocycles.